The predicted molar refractivity (Wildman–Crippen MR) is 111 cm³/mol. The second-order valence-corrected chi connectivity index (χ2v) is 8.68. The number of hydrogen-bond donors (Lipinski definition) is 1. The highest BCUT2D eigenvalue weighted by molar-refractivity contribution is 14.1. The summed E-state index contributed by atoms with van der Waals surface area (Å²) in [6.45, 7) is 2.65. The second kappa shape index (κ2) is 7.95. The van der Waals surface area contributed by atoms with Crippen molar-refractivity contribution in [1.29, 1.82) is 0 Å². The normalized spacial score (nSPS) is 16.2. The zero-order chi connectivity index (χ0) is 16.4. The molecule has 1 N–H and O–H groups in total. The number of carboxylic acids is 1. The minimum absolute atomic E-state index is 0.160. The first-order valence-electron chi connectivity index (χ1n) is 7.06. The minimum atomic E-state index is -0.758. The quantitative estimate of drug-likeness (QED) is 0.490. The van der Waals surface area contributed by atoms with Gasteiger partial charge in [-0.25, -0.2) is 0 Å². The summed E-state index contributed by atoms with van der Waals surface area (Å²) in [5.41, 5.74) is 2.00. The van der Waals surface area contributed by atoms with Crippen LogP contribution in [0.25, 0.3) is 0 Å². The van der Waals surface area contributed by atoms with E-state index in [0.29, 0.717) is 19.3 Å². The summed E-state index contributed by atoms with van der Waals surface area (Å²) in [5, 5.41) is 9.32. The number of amides is 1. The van der Waals surface area contributed by atoms with Gasteiger partial charge in [0.25, 0.3) is 0 Å². The molecule has 1 heterocycles. The minimum Gasteiger partial charge on any atom is -0.481 e. The van der Waals surface area contributed by atoms with Crippen LogP contribution in [-0.2, 0) is 16.0 Å². The average molecular weight is 639 g/mol. The Morgan fingerprint density at radius 3 is 2.55 bits per heavy atom. The summed E-state index contributed by atoms with van der Waals surface area (Å²) in [5.74, 6) is -0.982. The van der Waals surface area contributed by atoms with Gasteiger partial charge in [-0.1, -0.05) is 6.92 Å². The summed E-state index contributed by atoms with van der Waals surface area (Å²) in [6.07, 6.45) is 2.60. The van der Waals surface area contributed by atoms with E-state index in [4.69, 9.17) is 0 Å². The van der Waals surface area contributed by atoms with Crippen LogP contribution in [0.4, 0.5) is 5.69 Å². The van der Waals surface area contributed by atoms with E-state index in [9.17, 15) is 14.7 Å². The summed E-state index contributed by atoms with van der Waals surface area (Å²) >= 11 is 6.80. The van der Waals surface area contributed by atoms with Gasteiger partial charge >= 0.3 is 5.97 Å². The number of aliphatic carboxylic acids is 1. The lowest BCUT2D eigenvalue weighted by Crippen LogP contribution is -2.27. The summed E-state index contributed by atoms with van der Waals surface area (Å²) < 4.78 is 3.14. The molecule has 4 nitrogen and oxygen atoms in total. The highest BCUT2D eigenvalue weighted by Crippen LogP contribution is 2.37. The number of carbonyl (C=O) groups is 2. The Morgan fingerprint density at radius 2 is 2.05 bits per heavy atom. The molecule has 0 aromatic heterocycles. The molecule has 0 aliphatic carbocycles. The summed E-state index contributed by atoms with van der Waals surface area (Å²) in [7, 11) is 0. The maximum atomic E-state index is 12.1. The number of rotatable bonds is 5. The maximum Gasteiger partial charge on any atom is 0.306 e. The Morgan fingerprint density at radius 1 is 1.36 bits per heavy atom. The lowest BCUT2D eigenvalue weighted by atomic mass is 9.96. The molecule has 7 heteroatoms. The van der Waals surface area contributed by atoms with Gasteiger partial charge < -0.3 is 10.0 Å². The van der Waals surface area contributed by atoms with E-state index in [0.717, 1.165) is 34.9 Å². The molecule has 120 valence electrons. The molecule has 1 unspecified atom stereocenters. The standard InChI is InChI=1S/C15H16I3NO3/c1-2-8(15(21)22)6-9-10(16)7-11(17)14(13(9)18)19-5-3-4-12(19)20/h7-8H,2-6H2,1H3,(H,21,22). The van der Waals surface area contributed by atoms with E-state index in [-0.39, 0.29) is 11.8 Å². The molecular formula is C15H16I3NO3. The predicted octanol–water partition coefficient (Wildman–Crippen LogP) is 4.28. The van der Waals surface area contributed by atoms with Crippen molar-refractivity contribution in [2.24, 2.45) is 5.92 Å². The van der Waals surface area contributed by atoms with Crippen molar-refractivity contribution in [2.45, 2.75) is 32.6 Å². The molecule has 1 fully saturated rings. The van der Waals surface area contributed by atoms with Gasteiger partial charge in [0.1, 0.15) is 0 Å². The monoisotopic (exact) mass is 639 g/mol. The van der Waals surface area contributed by atoms with Crippen LogP contribution in [0.5, 0.6) is 0 Å². The number of carbonyl (C=O) groups excluding carboxylic acids is 1. The van der Waals surface area contributed by atoms with Gasteiger partial charge in [0, 0.05) is 23.7 Å². The first kappa shape index (κ1) is 18.7. The van der Waals surface area contributed by atoms with Crippen LogP contribution >= 0.6 is 67.8 Å². The molecule has 1 amide bonds. The van der Waals surface area contributed by atoms with Gasteiger partial charge in [-0.2, -0.15) is 0 Å². The Kier molecular flexibility index (Phi) is 6.75. The van der Waals surface area contributed by atoms with Crippen molar-refractivity contribution >= 4 is 85.3 Å². The van der Waals surface area contributed by atoms with Crippen LogP contribution in [0.2, 0.25) is 0 Å². The molecule has 0 bridgehead atoms. The molecule has 1 atom stereocenters. The second-order valence-electron chi connectivity index (χ2n) is 5.28. The van der Waals surface area contributed by atoms with Crippen LogP contribution in [-0.4, -0.2) is 23.5 Å². The number of anilines is 1. The highest BCUT2D eigenvalue weighted by atomic mass is 127. The molecule has 1 aromatic carbocycles. The van der Waals surface area contributed by atoms with Gasteiger partial charge in [-0.3, -0.25) is 9.59 Å². The van der Waals surface area contributed by atoms with Crippen LogP contribution < -0.4 is 4.90 Å². The van der Waals surface area contributed by atoms with E-state index >= 15 is 0 Å². The van der Waals surface area contributed by atoms with E-state index in [1.165, 1.54) is 0 Å². The van der Waals surface area contributed by atoms with E-state index < -0.39 is 5.97 Å². The van der Waals surface area contributed by atoms with E-state index in [1.807, 2.05) is 17.9 Å². The molecule has 1 aliphatic heterocycles. The molecule has 1 saturated heterocycles. The smallest absolute Gasteiger partial charge is 0.306 e. The van der Waals surface area contributed by atoms with Crippen LogP contribution in [0.15, 0.2) is 6.07 Å². The van der Waals surface area contributed by atoms with Crippen molar-refractivity contribution < 1.29 is 14.7 Å². The fourth-order valence-electron chi connectivity index (χ4n) is 2.59. The van der Waals surface area contributed by atoms with Gasteiger partial charge in [0.05, 0.1) is 11.6 Å². The van der Waals surface area contributed by atoms with Crippen molar-refractivity contribution in [3.63, 3.8) is 0 Å². The Labute approximate surface area is 170 Å². The number of carboxylic acid groups (broad SMARTS) is 1. The lowest BCUT2D eigenvalue weighted by molar-refractivity contribution is -0.141. The van der Waals surface area contributed by atoms with Crippen LogP contribution in [0.1, 0.15) is 31.7 Å². The molecule has 0 saturated carbocycles. The largest absolute Gasteiger partial charge is 0.481 e. The van der Waals surface area contributed by atoms with Gasteiger partial charge in [-0.15, -0.1) is 0 Å². The number of benzene rings is 1. The molecule has 0 radical (unpaired) electrons. The maximum absolute atomic E-state index is 12.1. The average Bonchev–Trinajstić information content (AvgIpc) is 2.84. The fraction of sp³-hybridized carbons (Fsp3) is 0.467. The van der Waals surface area contributed by atoms with Crippen molar-refractivity contribution in [1.82, 2.24) is 0 Å². The highest BCUT2D eigenvalue weighted by Gasteiger charge is 2.28. The third-order valence-electron chi connectivity index (χ3n) is 3.88. The molecule has 1 aliphatic rings. The zero-order valence-electron chi connectivity index (χ0n) is 12.0. The van der Waals surface area contributed by atoms with Gasteiger partial charge in [-0.05, 0) is 98.7 Å². The number of nitrogens with zero attached hydrogens (tertiary/aromatic N) is 1. The molecule has 2 rings (SSSR count). The van der Waals surface area contributed by atoms with Gasteiger partial charge in [0.2, 0.25) is 5.91 Å². The van der Waals surface area contributed by atoms with Crippen LogP contribution in [0, 0.1) is 16.6 Å². The molecule has 22 heavy (non-hydrogen) atoms. The van der Waals surface area contributed by atoms with E-state index in [1.54, 1.807) is 0 Å². The zero-order valence-corrected chi connectivity index (χ0v) is 18.5. The third kappa shape index (κ3) is 3.87. The SMILES string of the molecule is CCC(Cc1c(I)cc(I)c(N2CCCC2=O)c1I)C(=O)O. The Bertz CT molecular complexity index is 619. The number of hydrogen-bond acceptors (Lipinski definition) is 2. The Hall–Kier alpha value is 0.350. The third-order valence-corrected chi connectivity index (χ3v) is 6.82. The molecular weight excluding hydrogens is 623 g/mol. The van der Waals surface area contributed by atoms with Crippen molar-refractivity contribution in [3.05, 3.63) is 22.3 Å². The fourth-order valence-corrected chi connectivity index (χ4v) is 6.99. The molecule has 1 aromatic rings. The van der Waals surface area contributed by atoms with Crippen LogP contribution in [0.3, 0.4) is 0 Å². The summed E-state index contributed by atoms with van der Waals surface area (Å²) in [4.78, 5) is 25.3. The lowest BCUT2D eigenvalue weighted by Gasteiger charge is -2.23. The first-order chi connectivity index (χ1) is 10.4. The molecule has 0 spiro atoms. The van der Waals surface area contributed by atoms with Gasteiger partial charge in [0.15, 0.2) is 0 Å². The van der Waals surface area contributed by atoms with E-state index in [2.05, 4.69) is 67.8 Å². The van der Waals surface area contributed by atoms with Crippen molar-refractivity contribution in [3.8, 4) is 0 Å². The first-order valence-corrected chi connectivity index (χ1v) is 10.3. The topological polar surface area (TPSA) is 57.6 Å². The van der Waals surface area contributed by atoms with Crippen molar-refractivity contribution in [2.75, 3.05) is 11.4 Å². The summed E-state index contributed by atoms with van der Waals surface area (Å²) in [6, 6.07) is 2.05. The number of halogens is 3. The Balaban J connectivity index is 2.47.